The molecule has 4 atom stereocenters. The van der Waals surface area contributed by atoms with Crippen LogP contribution in [0.3, 0.4) is 0 Å². The van der Waals surface area contributed by atoms with E-state index in [2.05, 4.69) is 27.0 Å². The van der Waals surface area contributed by atoms with Gasteiger partial charge in [-0.2, -0.15) is 9.97 Å². The first-order valence-electron chi connectivity index (χ1n) is 16.0. The molecule has 3 aromatic carbocycles. The van der Waals surface area contributed by atoms with Gasteiger partial charge >= 0.3 is 6.01 Å². The number of fused-ring (bicyclic) bond motifs is 4. The Bertz CT molecular complexity index is 1900. The number of aromatic nitrogens is 2. The van der Waals surface area contributed by atoms with E-state index < -0.39 is 23.3 Å². The summed E-state index contributed by atoms with van der Waals surface area (Å²) in [5.41, 5.74) is -0.0518. The van der Waals surface area contributed by atoms with Gasteiger partial charge in [-0.05, 0) is 72.8 Å². The molecule has 0 spiro atoms. The van der Waals surface area contributed by atoms with Crippen LogP contribution in [0.25, 0.3) is 32.8 Å². The zero-order valence-corrected chi connectivity index (χ0v) is 26.4. The Labute approximate surface area is 269 Å². The molecule has 0 amide bonds. The quantitative estimate of drug-likeness (QED) is 0.260. The van der Waals surface area contributed by atoms with Crippen molar-refractivity contribution in [2.24, 2.45) is 0 Å². The highest BCUT2D eigenvalue weighted by Crippen LogP contribution is 2.51. The lowest BCUT2D eigenvalue weighted by Crippen LogP contribution is -2.60. The summed E-state index contributed by atoms with van der Waals surface area (Å²) in [6, 6.07) is 5.67. The summed E-state index contributed by atoms with van der Waals surface area (Å²) in [6.45, 7) is 6.60. The topological polar surface area (TPSA) is 83.0 Å². The maximum atomic E-state index is 17.2. The van der Waals surface area contributed by atoms with Crippen LogP contribution in [0, 0.1) is 18.6 Å². The summed E-state index contributed by atoms with van der Waals surface area (Å²) in [7, 11) is 0. The molecule has 0 unspecified atom stereocenters. The number of halogens is 4. The van der Waals surface area contributed by atoms with Crippen LogP contribution in [0.1, 0.15) is 38.2 Å². The molecule has 8 rings (SSSR count). The number of benzene rings is 3. The van der Waals surface area contributed by atoms with Gasteiger partial charge in [0.2, 0.25) is 0 Å². The summed E-state index contributed by atoms with van der Waals surface area (Å²) < 4.78 is 59.3. The van der Waals surface area contributed by atoms with Crippen LogP contribution in [0.5, 0.6) is 17.5 Å². The second-order valence-electron chi connectivity index (χ2n) is 13.1. The third kappa shape index (κ3) is 4.49. The van der Waals surface area contributed by atoms with Gasteiger partial charge in [-0.15, -0.1) is 0 Å². The molecule has 4 aromatic rings. The minimum atomic E-state index is -0.925. The minimum Gasteiger partial charge on any atom is -0.508 e. The lowest BCUT2D eigenvalue weighted by molar-refractivity contribution is 0.107. The number of anilines is 1. The number of rotatable bonds is 5. The fourth-order valence-electron chi connectivity index (χ4n) is 8.27. The standard InChI is InChI=1S/C34H35ClF3N5O3/c1-3-23-24-15-45-31-27-30(29(38)26(28(31)35)21-12-20(44)11-18-5-6-22(37)17(2)25(18)21)40-33(41-32(27)43(24)10-8-39-23)46-16-34-7-4-9-42(34)14-19(36)13-34/h5-6,11-12,19,23-24,39,44H,3-4,7-10,13-16H2,1-2H3/t19-,23+,24-,34+/m1/s1. The van der Waals surface area contributed by atoms with E-state index in [0.29, 0.717) is 53.6 Å². The Balaban J connectivity index is 1.35. The first-order valence-corrected chi connectivity index (χ1v) is 16.4. The van der Waals surface area contributed by atoms with Crippen molar-refractivity contribution in [2.75, 3.05) is 44.3 Å². The van der Waals surface area contributed by atoms with Crippen LogP contribution in [0.2, 0.25) is 5.02 Å². The van der Waals surface area contributed by atoms with Crippen LogP contribution in [-0.4, -0.2) is 83.2 Å². The van der Waals surface area contributed by atoms with Crippen LogP contribution >= 0.6 is 11.6 Å². The zero-order chi connectivity index (χ0) is 31.9. The maximum Gasteiger partial charge on any atom is 0.319 e. The van der Waals surface area contributed by atoms with Crippen molar-refractivity contribution in [1.82, 2.24) is 20.2 Å². The van der Waals surface area contributed by atoms with E-state index in [1.54, 1.807) is 6.92 Å². The first-order chi connectivity index (χ1) is 22.2. The molecule has 4 aliphatic heterocycles. The molecule has 5 heterocycles. The molecule has 0 bridgehead atoms. The highest BCUT2D eigenvalue weighted by molar-refractivity contribution is 6.37. The predicted molar refractivity (Wildman–Crippen MR) is 171 cm³/mol. The van der Waals surface area contributed by atoms with Crippen LogP contribution < -0.4 is 19.7 Å². The first kappa shape index (κ1) is 29.8. The number of aryl methyl sites for hydroxylation is 1. The maximum absolute atomic E-state index is 17.2. The number of phenols is 1. The molecule has 0 saturated carbocycles. The number of nitrogens with zero attached hydrogens (tertiary/aromatic N) is 4. The Hall–Kier alpha value is -3.54. The van der Waals surface area contributed by atoms with Crippen molar-refractivity contribution in [3.05, 3.63) is 46.5 Å². The average molecular weight is 654 g/mol. The van der Waals surface area contributed by atoms with Gasteiger partial charge in [0.25, 0.3) is 0 Å². The fourth-order valence-corrected chi connectivity index (χ4v) is 8.61. The molecule has 0 aliphatic carbocycles. The normalized spacial score (nSPS) is 25.9. The van der Waals surface area contributed by atoms with Gasteiger partial charge in [0.1, 0.15) is 42.3 Å². The number of alkyl halides is 1. The molecule has 242 valence electrons. The van der Waals surface area contributed by atoms with E-state index in [9.17, 15) is 13.9 Å². The highest BCUT2D eigenvalue weighted by atomic mass is 35.5. The lowest BCUT2D eigenvalue weighted by Gasteiger charge is -2.41. The molecular weight excluding hydrogens is 619 g/mol. The number of nitrogens with one attached hydrogen (secondary N) is 1. The predicted octanol–water partition coefficient (Wildman–Crippen LogP) is 6.30. The largest absolute Gasteiger partial charge is 0.508 e. The molecule has 12 heteroatoms. The molecule has 2 N–H and O–H groups in total. The monoisotopic (exact) mass is 653 g/mol. The molecule has 0 radical (unpaired) electrons. The number of ether oxygens (including phenoxy) is 2. The van der Waals surface area contributed by atoms with E-state index in [4.69, 9.17) is 26.1 Å². The molecule has 3 fully saturated rings. The Morgan fingerprint density at radius 3 is 2.87 bits per heavy atom. The number of piperazine rings is 1. The summed E-state index contributed by atoms with van der Waals surface area (Å²) in [6.07, 6.45) is 2.03. The van der Waals surface area contributed by atoms with Crippen molar-refractivity contribution >= 4 is 39.1 Å². The van der Waals surface area contributed by atoms with Gasteiger partial charge in [0.05, 0.1) is 22.0 Å². The Morgan fingerprint density at radius 1 is 1.20 bits per heavy atom. The van der Waals surface area contributed by atoms with Crippen molar-refractivity contribution in [3.63, 3.8) is 0 Å². The summed E-state index contributed by atoms with van der Waals surface area (Å²) in [4.78, 5) is 13.7. The molecule has 46 heavy (non-hydrogen) atoms. The molecule has 4 aliphatic rings. The summed E-state index contributed by atoms with van der Waals surface area (Å²) in [5.74, 6) is -0.670. The van der Waals surface area contributed by atoms with E-state index in [1.165, 1.54) is 24.3 Å². The highest BCUT2D eigenvalue weighted by Gasteiger charge is 2.49. The minimum absolute atomic E-state index is 0.0136. The SMILES string of the molecule is CC[C@@H]1NCCN2c3nc(OC[C@@]45CCCN4C[C@H](F)C5)nc4c(F)c(-c5cc(O)cc6ccc(F)c(C)c56)c(Cl)c(c34)OC[C@H]12. The van der Waals surface area contributed by atoms with Crippen molar-refractivity contribution in [2.45, 2.75) is 63.3 Å². The smallest absolute Gasteiger partial charge is 0.319 e. The van der Waals surface area contributed by atoms with Crippen molar-refractivity contribution < 1.29 is 27.8 Å². The zero-order valence-electron chi connectivity index (χ0n) is 25.7. The number of aromatic hydroxyl groups is 1. The second-order valence-corrected chi connectivity index (χ2v) is 13.4. The molecular formula is C34H35ClF3N5O3. The van der Waals surface area contributed by atoms with E-state index in [0.717, 1.165) is 25.8 Å². The van der Waals surface area contributed by atoms with Gasteiger partial charge < -0.3 is 24.8 Å². The average Bonchev–Trinajstić information content (AvgIpc) is 3.50. The molecule has 3 saturated heterocycles. The Kier molecular flexibility index (Phi) is 7.15. The van der Waals surface area contributed by atoms with Gasteiger partial charge in [-0.1, -0.05) is 24.6 Å². The molecule has 8 nitrogen and oxygen atoms in total. The molecule has 1 aromatic heterocycles. The van der Waals surface area contributed by atoms with Gasteiger partial charge in [-0.25, -0.2) is 13.2 Å². The van der Waals surface area contributed by atoms with Crippen molar-refractivity contribution in [1.29, 1.82) is 0 Å². The third-order valence-electron chi connectivity index (χ3n) is 10.5. The van der Waals surface area contributed by atoms with Crippen LogP contribution in [-0.2, 0) is 0 Å². The van der Waals surface area contributed by atoms with E-state index in [-0.39, 0.29) is 64.5 Å². The van der Waals surface area contributed by atoms with Gasteiger partial charge in [0, 0.05) is 37.7 Å². The van der Waals surface area contributed by atoms with Crippen LogP contribution in [0.4, 0.5) is 19.0 Å². The second kappa shape index (κ2) is 11.0. The van der Waals surface area contributed by atoms with E-state index in [1.807, 2.05) is 0 Å². The lowest BCUT2D eigenvalue weighted by atomic mass is 9.93. The van der Waals surface area contributed by atoms with Gasteiger partial charge in [-0.3, -0.25) is 4.90 Å². The van der Waals surface area contributed by atoms with Crippen molar-refractivity contribution in [3.8, 4) is 28.6 Å². The third-order valence-corrected chi connectivity index (χ3v) is 10.8. The van der Waals surface area contributed by atoms with Crippen LogP contribution in [0.15, 0.2) is 24.3 Å². The number of hydrogen-bond acceptors (Lipinski definition) is 8. The summed E-state index contributed by atoms with van der Waals surface area (Å²) >= 11 is 7.08. The number of phenolic OH excluding ortho intramolecular Hbond substituents is 1. The number of hydrogen-bond donors (Lipinski definition) is 2. The Morgan fingerprint density at radius 2 is 2.04 bits per heavy atom. The fraction of sp³-hybridized carbons (Fsp3) is 0.471. The van der Waals surface area contributed by atoms with Gasteiger partial charge in [0.15, 0.2) is 11.6 Å². The summed E-state index contributed by atoms with van der Waals surface area (Å²) in [5, 5.41) is 15.5. The van der Waals surface area contributed by atoms with E-state index >= 15 is 4.39 Å².